The third-order valence-electron chi connectivity index (χ3n) is 3.54. The molecule has 3 rings (SSSR count). The molecule has 0 radical (unpaired) electrons. The van der Waals surface area contributed by atoms with Crippen molar-refractivity contribution in [3.05, 3.63) is 29.8 Å². The van der Waals surface area contributed by atoms with Crippen molar-refractivity contribution in [3.63, 3.8) is 0 Å². The number of fused-ring (bicyclic) bond motifs is 1. The summed E-state index contributed by atoms with van der Waals surface area (Å²) in [6.45, 7) is 2.14. The zero-order chi connectivity index (χ0) is 11.5. The van der Waals surface area contributed by atoms with Crippen LogP contribution in [0.15, 0.2) is 24.3 Å². The van der Waals surface area contributed by atoms with Crippen molar-refractivity contribution in [2.75, 3.05) is 24.6 Å². The molecule has 92 valence electrons. The van der Waals surface area contributed by atoms with Crippen molar-refractivity contribution in [2.45, 2.75) is 18.9 Å². The van der Waals surface area contributed by atoms with Crippen LogP contribution in [0, 0.1) is 5.92 Å². The van der Waals surface area contributed by atoms with Crippen LogP contribution in [0.2, 0.25) is 0 Å². The Hall–Kier alpha value is -0.670. The summed E-state index contributed by atoms with van der Waals surface area (Å²) in [5.74, 6) is 4.63. The van der Waals surface area contributed by atoms with Crippen LogP contribution in [-0.2, 0) is 6.42 Å². The molecule has 2 heterocycles. The van der Waals surface area contributed by atoms with E-state index < -0.39 is 0 Å². The molecular weight excluding hydrogens is 230 g/mol. The molecule has 2 nitrogen and oxygen atoms in total. The Morgan fingerprint density at radius 1 is 1.29 bits per heavy atom. The maximum atomic E-state index is 5.90. The van der Waals surface area contributed by atoms with E-state index in [9.17, 15) is 0 Å². The van der Waals surface area contributed by atoms with E-state index in [0.29, 0.717) is 6.10 Å². The Bertz CT molecular complexity index is 351. The fourth-order valence-electron chi connectivity index (χ4n) is 2.56. The lowest BCUT2D eigenvalue weighted by Gasteiger charge is -2.14. The number of hydrogen-bond donors (Lipinski definition) is 1. The normalized spacial score (nSPS) is 26.8. The van der Waals surface area contributed by atoms with E-state index in [2.05, 4.69) is 35.3 Å². The highest BCUT2D eigenvalue weighted by molar-refractivity contribution is 7.99. The summed E-state index contributed by atoms with van der Waals surface area (Å²) in [6.07, 6.45) is 2.77. The molecule has 1 fully saturated rings. The molecule has 17 heavy (non-hydrogen) atoms. The number of benzene rings is 1. The Morgan fingerprint density at radius 2 is 2.24 bits per heavy atom. The molecule has 2 atom stereocenters. The lowest BCUT2D eigenvalue weighted by atomic mass is 10.1. The summed E-state index contributed by atoms with van der Waals surface area (Å²) >= 11 is 2.08. The number of para-hydroxylation sites is 1. The smallest absolute Gasteiger partial charge is 0.123 e. The molecule has 1 aromatic rings. The van der Waals surface area contributed by atoms with Gasteiger partial charge in [0.15, 0.2) is 0 Å². The zero-order valence-corrected chi connectivity index (χ0v) is 10.8. The fraction of sp³-hybridized carbons (Fsp3) is 0.571. The highest BCUT2D eigenvalue weighted by Gasteiger charge is 2.22. The van der Waals surface area contributed by atoms with Crippen LogP contribution in [0.25, 0.3) is 0 Å². The molecule has 1 saturated heterocycles. The molecule has 0 spiro atoms. The average molecular weight is 249 g/mol. The summed E-state index contributed by atoms with van der Waals surface area (Å²) in [4.78, 5) is 0. The molecule has 1 aromatic carbocycles. The van der Waals surface area contributed by atoms with Crippen LogP contribution in [0.5, 0.6) is 5.75 Å². The van der Waals surface area contributed by atoms with Crippen molar-refractivity contribution in [2.24, 2.45) is 5.92 Å². The van der Waals surface area contributed by atoms with Crippen LogP contribution < -0.4 is 10.1 Å². The SMILES string of the molecule is c1ccc2c(c1)CC(CNCC1CCSC1)O2. The Morgan fingerprint density at radius 3 is 3.06 bits per heavy atom. The first-order valence-electron chi connectivity index (χ1n) is 6.45. The van der Waals surface area contributed by atoms with Crippen molar-refractivity contribution >= 4 is 11.8 Å². The molecule has 2 aliphatic heterocycles. The second-order valence-electron chi connectivity index (χ2n) is 4.94. The monoisotopic (exact) mass is 249 g/mol. The van der Waals surface area contributed by atoms with Gasteiger partial charge in [-0.15, -0.1) is 0 Å². The molecule has 3 heteroatoms. The van der Waals surface area contributed by atoms with Crippen LogP contribution in [0.1, 0.15) is 12.0 Å². The summed E-state index contributed by atoms with van der Waals surface area (Å²) in [7, 11) is 0. The van der Waals surface area contributed by atoms with E-state index in [-0.39, 0.29) is 0 Å². The number of nitrogens with one attached hydrogen (secondary N) is 1. The third-order valence-corrected chi connectivity index (χ3v) is 4.77. The first-order valence-corrected chi connectivity index (χ1v) is 7.60. The van der Waals surface area contributed by atoms with E-state index in [1.807, 2.05) is 6.07 Å². The van der Waals surface area contributed by atoms with Gasteiger partial charge in [0.1, 0.15) is 11.9 Å². The molecule has 0 aliphatic carbocycles. The van der Waals surface area contributed by atoms with Gasteiger partial charge in [0.05, 0.1) is 0 Å². The average Bonchev–Trinajstić information content (AvgIpc) is 2.96. The van der Waals surface area contributed by atoms with Gasteiger partial charge in [0.25, 0.3) is 0 Å². The zero-order valence-electron chi connectivity index (χ0n) is 10.0. The predicted molar refractivity (Wildman–Crippen MR) is 72.9 cm³/mol. The van der Waals surface area contributed by atoms with Crippen molar-refractivity contribution in [1.29, 1.82) is 0 Å². The van der Waals surface area contributed by atoms with Gasteiger partial charge in [-0.1, -0.05) is 18.2 Å². The van der Waals surface area contributed by atoms with E-state index in [0.717, 1.165) is 31.2 Å². The van der Waals surface area contributed by atoms with Gasteiger partial charge in [-0.25, -0.2) is 0 Å². The van der Waals surface area contributed by atoms with Crippen LogP contribution in [0.4, 0.5) is 0 Å². The van der Waals surface area contributed by atoms with Crippen molar-refractivity contribution in [1.82, 2.24) is 5.32 Å². The van der Waals surface area contributed by atoms with Gasteiger partial charge in [-0.3, -0.25) is 0 Å². The van der Waals surface area contributed by atoms with E-state index in [1.165, 1.54) is 23.5 Å². The molecule has 0 amide bonds. The largest absolute Gasteiger partial charge is 0.488 e. The van der Waals surface area contributed by atoms with Crippen molar-refractivity contribution in [3.8, 4) is 5.75 Å². The minimum absolute atomic E-state index is 0.335. The second kappa shape index (κ2) is 5.32. The number of thioether (sulfide) groups is 1. The minimum Gasteiger partial charge on any atom is -0.488 e. The van der Waals surface area contributed by atoms with Crippen LogP contribution in [0.3, 0.4) is 0 Å². The number of ether oxygens (including phenoxy) is 1. The van der Waals surface area contributed by atoms with E-state index >= 15 is 0 Å². The number of rotatable bonds is 4. The molecular formula is C14H19NOS. The molecule has 2 aliphatic rings. The lowest BCUT2D eigenvalue weighted by molar-refractivity contribution is 0.225. The van der Waals surface area contributed by atoms with Gasteiger partial charge in [-0.05, 0) is 42.0 Å². The third kappa shape index (κ3) is 2.78. The first-order chi connectivity index (χ1) is 8.42. The quantitative estimate of drug-likeness (QED) is 0.885. The first kappa shape index (κ1) is 11.4. The summed E-state index contributed by atoms with van der Waals surface area (Å²) in [6, 6.07) is 8.38. The van der Waals surface area contributed by atoms with Gasteiger partial charge in [-0.2, -0.15) is 11.8 Å². The second-order valence-corrected chi connectivity index (χ2v) is 6.09. The highest BCUT2D eigenvalue weighted by atomic mass is 32.2. The molecule has 0 saturated carbocycles. The molecule has 2 unspecified atom stereocenters. The molecule has 1 N–H and O–H groups in total. The standard InChI is InChI=1S/C14H19NOS/c1-2-4-14-12(3-1)7-13(16-14)9-15-8-11-5-6-17-10-11/h1-4,11,13,15H,5-10H2. The number of hydrogen-bond acceptors (Lipinski definition) is 3. The predicted octanol–water partition coefficient (Wildman–Crippen LogP) is 2.33. The summed E-state index contributed by atoms with van der Waals surface area (Å²) in [5.41, 5.74) is 1.36. The minimum atomic E-state index is 0.335. The highest BCUT2D eigenvalue weighted by Crippen LogP contribution is 2.28. The van der Waals surface area contributed by atoms with Crippen LogP contribution >= 0.6 is 11.8 Å². The van der Waals surface area contributed by atoms with Gasteiger partial charge in [0.2, 0.25) is 0 Å². The maximum Gasteiger partial charge on any atom is 0.123 e. The lowest BCUT2D eigenvalue weighted by Crippen LogP contribution is -2.33. The Labute approximate surface area is 107 Å². The van der Waals surface area contributed by atoms with E-state index in [4.69, 9.17) is 4.74 Å². The van der Waals surface area contributed by atoms with Gasteiger partial charge >= 0.3 is 0 Å². The Balaban J connectivity index is 1.43. The Kier molecular flexibility index (Phi) is 3.57. The summed E-state index contributed by atoms with van der Waals surface area (Å²) < 4.78 is 5.90. The van der Waals surface area contributed by atoms with Gasteiger partial charge in [0, 0.05) is 13.0 Å². The topological polar surface area (TPSA) is 21.3 Å². The fourth-order valence-corrected chi connectivity index (χ4v) is 3.85. The van der Waals surface area contributed by atoms with E-state index in [1.54, 1.807) is 0 Å². The maximum absolute atomic E-state index is 5.90. The molecule has 0 aromatic heterocycles. The van der Waals surface area contributed by atoms with Crippen molar-refractivity contribution < 1.29 is 4.74 Å². The summed E-state index contributed by atoms with van der Waals surface area (Å²) in [5, 5.41) is 3.57. The molecule has 0 bridgehead atoms. The van der Waals surface area contributed by atoms with Crippen LogP contribution in [-0.4, -0.2) is 30.7 Å². The van der Waals surface area contributed by atoms with Gasteiger partial charge < -0.3 is 10.1 Å².